The van der Waals surface area contributed by atoms with Gasteiger partial charge in [-0.2, -0.15) is 0 Å². The molecule has 1 aliphatic rings. The van der Waals surface area contributed by atoms with Gasteiger partial charge in [-0.25, -0.2) is 4.98 Å². The molecule has 2 N–H and O–H groups in total. The molecule has 1 aromatic carbocycles. The summed E-state index contributed by atoms with van der Waals surface area (Å²) in [7, 11) is 0. The fourth-order valence-corrected chi connectivity index (χ4v) is 3.63. The fraction of sp³-hybridized carbons (Fsp3) is 0.421. The predicted molar refractivity (Wildman–Crippen MR) is 111 cm³/mol. The molecule has 152 valence electrons. The molecule has 1 unspecified atom stereocenters. The van der Waals surface area contributed by atoms with E-state index in [-0.39, 0.29) is 24.2 Å². The van der Waals surface area contributed by atoms with Gasteiger partial charge in [0.2, 0.25) is 0 Å². The van der Waals surface area contributed by atoms with E-state index in [0.717, 1.165) is 10.6 Å². The van der Waals surface area contributed by atoms with E-state index in [1.165, 1.54) is 11.3 Å². The third-order valence-corrected chi connectivity index (χ3v) is 5.44. The lowest BCUT2D eigenvalue weighted by Gasteiger charge is -2.35. The molecule has 3 rings (SSSR count). The number of aryl methyl sites for hydroxylation is 1. The summed E-state index contributed by atoms with van der Waals surface area (Å²) in [5.41, 5.74) is 6.97. The van der Waals surface area contributed by atoms with Gasteiger partial charge < -0.3 is 20.3 Å². The molecule has 1 aliphatic heterocycles. The van der Waals surface area contributed by atoms with E-state index in [2.05, 4.69) is 4.98 Å². The number of nitrogens with zero attached hydrogens (tertiary/aromatic N) is 3. The number of aromatic nitrogens is 1. The lowest BCUT2D eigenvalue weighted by atomic mass is 10.2. The van der Waals surface area contributed by atoms with Crippen LogP contribution in [0.15, 0.2) is 29.6 Å². The molecule has 0 saturated carbocycles. The first-order valence-corrected chi connectivity index (χ1v) is 9.82. The summed E-state index contributed by atoms with van der Waals surface area (Å²) in [5.74, 6) is 0.540. The van der Waals surface area contributed by atoms with Crippen LogP contribution in [0.4, 0.5) is 0 Å². The standard InChI is InChI=1S/C19H24N4O3S.ClH/c1-13-5-3-4-6-16(13)26-14(2)18(24)22-7-9-23(10-8-22)19(25)15-12-27-17(11-20)21-15;/h3-6,12,14H,7-11,20H2,1-2H3;1H. The maximum Gasteiger partial charge on any atom is 0.273 e. The van der Waals surface area contributed by atoms with Crippen LogP contribution in [-0.2, 0) is 11.3 Å². The van der Waals surface area contributed by atoms with Crippen molar-refractivity contribution in [1.82, 2.24) is 14.8 Å². The van der Waals surface area contributed by atoms with E-state index in [0.29, 0.717) is 44.2 Å². The third kappa shape index (κ3) is 5.01. The Morgan fingerprint density at radius 3 is 2.46 bits per heavy atom. The monoisotopic (exact) mass is 424 g/mol. The fourth-order valence-electron chi connectivity index (χ4n) is 2.98. The zero-order valence-electron chi connectivity index (χ0n) is 16.0. The second-order valence-electron chi connectivity index (χ2n) is 6.47. The molecular formula is C19H25ClN4O3S. The van der Waals surface area contributed by atoms with E-state index in [1.807, 2.05) is 31.2 Å². The molecular weight excluding hydrogens is 400 g/mol. The summed E-state index contributed by atoms with van der Waals surface area (Å²) in [6.07, 6.45) is -0.570. The average molecular weight is 425 g/mol. The van der Waals surface area contributed by atoms with Gasteiger partial charge in [0.25, 0.3) is 11.8 Å². The first-order chi connectivity index (χ1) is 13.0. The third-order valence-electron chi connectivity index (χ3n) is 4.57. The van der Waals surface area contributed by atoms with E-state index in [9.17, 15) is 9.59 Å². The lowest BCUT2D eigenvalue weighted by Crippen LogP contribution is -2.53. The minimum absolute atomic E-state index is 0. The summed E-state index contributed by atoms with van der Waals surface area (Å²) in [5, 5.41) is 2.48. The number of nitrogens with two attached hydrogens (primary N) is 1. The molecule has 0 spiro atoms. The van der Waals surface area contributed by atoms with Gasteiger partial charge in [0.1, 0.15) is 16.5 Å². The molecule has 2 amide bonds. The highest BCUT2D eigenvalue weighted by atomic mass is 35.5. The van der Waals surface area contributed by atoms with Crippen molar-refractivity contribution in [2.24, 2.45) is 5.73 Å². The topological polar surface area (TPSA) is 88.8 Å². The molecule has 0 radical (unpaired) electrons. The first-order valence-electron chi connectivity index (χ1n) is 8.94. The van der Waals surface area contributed by atoms with Crippen LogP contribution in [-0.4, -0.2) is 58.9 Å². The molecule has 9 heteroatoms. The van der Waals surface area contributed by atoms with Gasteiger partial charge in [-0.15, -0.1) is 23.7 Å². The van der Waals surface area contributed by atoms with Gasteiger partial charge in [-0.3, -0.25) is 9.59 Å². The van der Waals surface area contributed by atoms with Crippen LogP contribution in [0.25, 0.3) is 0 Å². The Morgan fingerprint density at radius 1 is 1.21 bits per heavy atom. The number of halogens is 1. The quantitative estimate of drug-likeness (QED) is 0.793. The van der Waals surface area contributed by atoms with Crippen molar-refractivity contribution in [2.45, 2.75) is 26.5 Å². The highest BCUT2D eigenvalue weighted by Gasteiger charge is 2.29. The Labute approximate surface area is 174 Å². The maximum absolute atomic E-state index is 12.7. The summed E-state index contributed by atoms with van der Waals surface area (Å²) < 4.78 is 5.83. The van der Waals surface area contributed by atoms with E-state index in [4.69, 9.17) is 10.5 Å². The summed E-state index contributed by atoms with van der Waals surface area (Å²) >= 11 is 1.39. The van der Waals surface area contributed by atoms with Crippen molar-refractivity contribution in [1.29, 1.82) is 0 Å². The summed E-state index contributed by atoms with van der Waals surface area (Å²) in [4.78, 5) is 32.9. The van der Waals surface area contributed by atoms with Crippen LogP contribution in [0.5, 0.6) is 5.75 Å². The number of carbonyl (C=O) groups is 2. The van der Waals surface area contributed by atoms with Crippen LogP contribution >= 0.6 is 23.7 Å². The number of rotatable bonds is 5. The number of piperazine rings is 1. The van der Waals surface area contributed by atoms with E-state index >= 15 is 0 Å². The van der Waals surface area contributed by atoms with Crippen molar-refractivity contribution in [3.05, 3.63) is 45.9 Å². The van der Waals surface area contributed by atoms with Crippen LogP contribution in [0.2, 0.25) is 0 Å². The molecule has 1 fully saturated rings. The largest absolute Gasteiger partial charge is 0.481 e. The van der Waals surface area contributed by atoms with Gasteiger partial charge in [0.05, 0.1) is 0 Å². The SMILES string of the molecule is Cc1ccccc1OC(C)C(=O)N1CCN(C(=O)c2csc(CN)n2)CC1.Cl. The number of hydrogen-bond donors (Lipinski definition) is 1. The van der Waals surface area contributed by atoms with Gasteiger partial charge in [-0.05, 0) is 25.5 Å². The lowest BCUT2D eigenvalue weighted by molar-refractivity contribution is -0.139. The Hall–Kier alpha value is -2.16. The Kier molecular flexibility index (Phi) is 7.79. The molecule has 0 bridgehead atoms. The van der Waals surface area contributed by atoms with E-state index < -0.39 is 6.10 Å². The molecule has 2 aromatic rings. The van der Waals surface area contributed by atoms with Gasteiger partial charge in [0, 0.05) is 38.1 Å². The number of hydrogen-bond acceptors (Lipinski definition) is 6. The number of para-hydroxylation sites is 1. The number of amides is 2. The van der Waals surface area contributed by atoms with Crippen LogP contribution < -0.4 is 10.5 Å². The number of benzene rings is 1. The van der Waals surface area contributed by atoms with Crippen molar-refractivity contribution in [2.75, 3.05) is 26.2 Å². The smallest absolute Gasteiger partial charge is 0.273 e. The predicted octanol–water partition coefficient (Wildman–Crippen LogP) is 2.08. The number of thiazole rings is 1. The molecule has 28 heavy (non-hydrogen) atoms. The van der Waals surface area contributed by atoms with Crippen LogP contribution in [0.3, 0.4) is 0 Å². The highest BCUT2D eigenvalue weighted by Crippen LogP contribution is 2.19. The molecule has 1 saturated heterocycles. The van der Waals surface area contributed by atoms with Crippen molar-refractivity contribution >= 4 is 35.6 Å². The molecule has 7 nitrogen and oxygen atoms in total. The van der Waals surface area contributed by atoms with Crippen molar-refractivity contribution in [3.63, 3.8) is 0 Å². The molecule has 0 aliphatic carbocycles. The zero-order chi connectivity index (χ0) is 19.4. The molecule has 1 atom stereocenters. The summed E-state index contributed by atoms with van der Waals surface area (Å²) in [6, 6.07) is 7.63. The van der Waals surface area contributed by atoms with Crippen LogP contribution in [0.1, 0.15) is 28.0 Å². The Bertz CT molecular complexity index is 821. The van der Waals surface area contributed by atoms with E-state index in [1.54, 1.807) is 22.1 Å². The Balaban J connectivity index is 0.00000280. The minimum Gasteiger partial charge on any atom is -0.481 e. The second-order valence-corrected chi connectivity index (χ2v) is 7.42. The van der Waals surface area contributed by atoms with Gasteiger partial charge in [0.15, 0.2) is 6.10 Å². The minimum atomic E-state index is -0.570. The van der Waals surface area contributed by atoms with Crippen molar-refractivity contribution in [3.8, 4) is 5.75 Å². The van der Waals surface area contributed by atoms with Crippen LogP contribution in [0, 0.1) is 6.92 Å². The van der Waals surface area contributed by atoms with Gasteiger partial charge in [-0.1, -0.05) is 18.2 Å². The second kappa shape index (κ2) is 9.86. The molecule has 1 aromatic heterocycles. The van der Waals surface area contributed by atoms with Crippen molar-refractivity contribution < 1.29 is 14.3 Å². The number of ether oxygens (including phenoxy) is 1. The van der Waals surface area contributed by atoms with Gasteiger partial charge >= 0.3 is 0 Å². The normalized spacial score (nSPS) is 15.0. The summed E-state index contributed by atoms with van der Waals surface area (Å²) in [6.45, 7) is 5.98. The molecule has 2 heterocycles. The zero-order valence-corrected chi connectivity index (χ0v) is 17.6. The Morgan fingerprint density at radius 2 is 1.86 bits per heavy atom. The number of carbonyl (C=O) groups excluding carboxylic acids is 2. The average Bonchev–Trinajstić information content (AvgIpc) is 3.18. The highest BCUT2D eigenvalue weighted by molar-refractivity contribution is 7.09. The maximum atomic E-state index is 12.7. The first kappa shape index (κ1) is 22.1.